The van der Waals surface area contributed by atoms with Crippen molar-refractivity contribution in [3.8, 4) is 5.75 Å². The lowest BCUT2D eigenvalue weighted by atomic mass is 10.0. The van der Waals surface area contributed by atoms with Crippen LogP contribution < -0.4 is 15.8 Å². The fraction of sp³-hybridized carbons (Fsp3) is 0.462. The van der Waals surface area contributed by atoms with Gasteiger partial charge in [0.15, 0.2) is 0 Å². The molecule has 1 amide bonds. The third kappa shape index (κ3) is 3.75. The van der Waals surface area contributed by atoms with Crippen LogP contribution in [0.2, 0.25) is 0 Å². The monoisotopic (exact) mass is 236 g/mol. The molecule has 0 radical (unpaired) electrons. The van der Waals surface area contributed by atoms with Crippen molar-refractivity contribution < 1.29 is 9.53 Å². The average Bonchev–Trinajstić information content (AvgIpc) is 2.27. The summed E-state index contributed by atoms with van der Waals surface area (Å²) in [6.45, 7) is 5.29. The fourth-order valence-corrected chi connectivity index (χ4v) is 1.36. The van der Waals surface area contributed by atoms with Crippen molar-refractivity contribution in [2.45, 2.75) is 32.4 Å². The molecule has 1 aromatic rings. The summed E-state index contributed by atoms with van der Waals surface area (Å²) in [7, 11) is 1.62. The van der Waals surface area contributed by atoms with Gasteiger partial charge >= 0.3 is 0 Å². The Morgan fingerprint density at radius 2 is 1.88 bits per heavy atom. The van der Waals surface area contributed by atoms with Crippen molar-refractivity contribution in [3.63, 3.8) is 0 Å². The van der Waals surface area contributed by atoms with Crippen LogP contribution in [0.15, 0.2) is 24.3 Å². The van der Waals surface area contributed by atoms with E-state index in [1.54, 1.807) is 21.0 Å². The number of hydrogen-bond acceptors (Lipinski definition) is 3. The smallest absolute Gasteiger partial charge is 0.239 e. The van der Waals surface area contributed by atoms with E-state index in [1.165, 1.54) is 0 Å². The number of rotatable bonds is 4. The second-order valence-electron chi connectivity index (χ2n) is 4.69. The Balaban J connectivity index is 2.70. The first-order chi connectivity index (χ1) is 7.84. The van der Waals surface area contributed by atoms with Crippen molar-refractivity contribution in [1.82, 2.24) is 5.32 Å². The molecule has 4 nitrogen and oxygen atoms in total. The van der Waals surface area contributed by atoms with Gasteiger partial charge in [0, 0.05) is 0 Å². The Morgan fingerprint density at radius 1 is 1.35 bits per heavy atom. The number of ether oxygens (including phenoxy) is 1. The maximum absolute atomic E-state index is 11.7. The summed E-state index contributed by atoms with van der Waals surface area (Å²) >= 11 is 0. The first-order valence-electron chi connectivity index (χ1n) is 5.58. The van der Waals surface area contributed by atoms with Crippen LogP contribution >= 0.6 is 0 Å². The van der Waals surface area contributed by atoms with Gasteiger partial charge in [0.2, 0.25) is 5.91 Å². The Bertz CT molecular complexity index is 379. The van der Waals surface area contributed by atoms with Gasteiger partial charge in [-0.2, -0.15) is 0 Å². The standard InChI is InChI=1S/C13H20N2O2/c1-9(15-12(16)13(2,3)14)10-5-7-11(17-4)8-6-10/h5-9H,14H2,1-4H3,(H,15,16). The highest BCUT2D eigenvalue weighted by molar-refractivity contribution is 5.85. The third-order valence-corrected chi connectivity index (χ3v) is 2.55. The minimum atomic E-state index is -0.860. The second kappa shape index (κ2) is 5.19. The number of carbonyl (C=O) groups is 1. The minimum absolute atomic E-state index is 0.0729. The van der Waals surface area contributed by atoms with E-state index >= 15 is 0 Å². The second-order valence-corrected chi connectivity index (χ2v) is 4.69. The molecule has 0 saturated carbocycles. The molecule has 0 fully saturated rings. The van der Waals surface area contributed by atoms with E-state index in [9.17, 15) is 4.79 Å². The van der Waals surface area contributed by atoms with Gasteiger partial charge in [-0.25, -0.2) is 0 Å². The van der Waals surface area contributed by atoms with Crippen molar-refractivity contribution in [1.29, 1.82) is 0 Å². The molecule has 0 aliphatic carbocycles. The van der Waals surface area contributed by atoms with Crippen molar-refractivity contribution >= 4 is 5.91 Å². The van der Waals surface area contributed by atoms with Gasteiger partial charge in [0.25, 0.3) is 0 Å². The van der Waals surface area contributed by atoms with Gasteiger partial charge in [-0.15, -0.1) is 0 Å². The molecule has 0 spiro atoms. The van der Waals surface area contributed by atoms with Gasteiger partial charge in [0.05, 0.1) is 18.7 Å². The first-order valence-corrected chi connectivity index (χ1v) is 5.58. The molecule has 1 rings (SSSR count). The van der Waals surface area contributed by atoms with E-state index < -0.39 is 5.54 Å². The predicted octanol–water partition coefficient (Wildman–Crippen LogP) is 1.61. The van der Waals surface area contributed by atoms with Crippen LogP contribution in [0.25, 0.3) is 0 Å². The number of nitrogens with one attached hydrogen (secondary N) is 1. The number of hydrogen-bond donors (Lipinski definition) is 2. The summed E-state index contributed by atoms with van der Waals surface area (Å²) in [4.78, 5) is 11.7. The molecular formula is C13H20N2O2. The zero-order valence-corrected chi connectivity index (χ0v) is 10.8. The van der Waals surface area contributed by atoms with Crippen LogP contribution in [0.3, 0.4) is 0 Å². The molecule has 0 aliphatic heterocycles. The van der Waals surface area contributed by atoms with E-state index in [2.05, 4.69) is 5.32 Å². The molecule has 17 heavy (non-hydrogen) atoms. The van der Waals surface area contributed by atoms with Crippen LogP contribution in [0, 0.1) is 0 Å². The molecule has 3 N–H and O–H groups in total. The van der Waals surface area contributed by atoms with E-state index in [1.807, 2.05) is 31.2 Å². The molecule has 0 aromatic heterocycles. The maximum Gasteiger partial charge on any atom is 0.239 e. The molecule has 4 heteroatoms. The van der Waals surface area contributed by atoms with Crippen LogP contribution in [0.4, 0.5) is 0 Å². The molecule has 1 aromatic carbocycles. The Morgan fingerprint density at radius 3 is 2.29 bits per heavy atom. The third-order valence-electron chi connectivity index (χ3n) is 2.55. The quantitative estimate of drug-likeness (QED) is 0.834. The molecular weight excluding hydrogens is 216 g/mol. The molecule has 0 heterocycles. The highest BCUT2D eigenvalue weighted by Gasteiger charge is 2.23. The average molecular weight is 236 g/mol. The molecule has 0 bridgehead atoms. The van der Waals surface area contributed by atoms with Crippen LogP contribution in [-0.2, 0) is 4.79 Å². The number of methoxy groups -OCH3 is 1. The summed E-state index contributed by atoms with van der Waals surface area (Å²) in [6, 6.07) is 7.51. The molecule has 0 saturated heterocycles. The first kappa shape index (κ1) is 13.5. The van der Waals surface area contributed by atoms with Gasteiger partial charge < -0.3 is 15.8 Å². The largest absolute Gasteiger partial charge is 0.497 e. The SMILES string of the molecule is COc1ccc(C(C)NC(=O)C(C)(C)N)cc1. The Labute approximate surface area is 102 Å². The van der Waals surface area contributed by atoms with Crippen LogP contribution in [0.1, 0.15) is 32.4 Å². The van der Waals surface area contributed by atoms with Gasteiger partial charge in [-0.05, 0) is 38.5 Å². The van der Waals surface area contributed by atoms with Crippen LogP contribution in [0.5, 0.6) is 5.75 Å². The number of benzene rings is 1. The zero-order chi connectivity index (χ0) is 13.1. The van der Waals surface area contributed by atoms with Gasteiger partial charge in [-0.1, -0.05) is 12.1 Å². The number of nitrogens with two attached hydrogens (primary N) is 1. The zero-order valence-electron chi connectivity index (χ0n) is 10.8. The van der Waals surface area contributed by atoms with Gasteiger partial charge in [-0.3, -0.25) is 4.79 Å². The Hall–Kier alpha value is -1.55. The highest BCUT2D eigenvalue weighted by atomic mass is 16.5. The van der Waals surface area contributed by atoms with E-state index in [0.717, 1.165) is 11.3 Å². The van der Waals surface area contributed by atoms with E-state index in [0.29, 0.717) is 0 Å². The fourth-order valence-electron chi connectivity index (χ4n) is 1.36. The van der Waals surface area contributed by atoms with Gasteiger partial charge in [0.1, 0.15) is 5.75 Å². The topological polar surface area (TPSA) is 64.3 Å². The van der Waals surface area contributed by atoms with Crippen LogP contribution in [-0.4, -0.2) is 18.6 Å². The lowest BCUT2D eigenvalue weighted by Gasteiger charge is -2.22. The molecule has 1 unspecified atom stereocenters. The lowest BCUT2D eigenvalue weighted by Crippen LogP contribution is -2.49. The maximum atomic E-state index is 11.7. The van der Waals surface area contributed by atoms with E-state index in [4.69, 9.17) is 10.5 Å². The molecule has 1 atom stereocenters. The van der Waals surface area contributed by atoms with Crippen molar-refractivity contribution in [3.05, 3.63) is 29.8 Å². The van der Waals surface area contributed by atoms with Crippen molar-refractivity contribution in [2.75, 3.05) is 7.11 Å². The number of carbonyl (C=O) groups excluding carboxylic acids is 1. The predicted molar refractivity (Wildman–Crippen MR) is 67.8 cm³/mol. The summed E-state index contributed by atoms with van der Waals surface area (Å²) in [5.41, 5.74) is 5.88. The summed E-state index contributed by atoms with van der Waals surface area (Å²) in [5.74, 6) is 0.632. The van der Waals surface area contributed by atoms with E-state index in [-0.39, 0.29) is 11.9 Å². The summed E-state index contributed by atoms with van der Waals surface area (Å²) < 4.78 is 5.08. The highest BCUT2D eigenvalue weighted by Crippen LogP contribution is 2.17. The minimum Gasteiger partial charge on any atom is -0.497 e. The Kier molecular flexibility index (Phi) is 4.12. The number of amides is 1. The van der Waals surface area contributed by atoms with Crippen molar-refractivity contribution in [2.24, 2.45) is 5.73 Å². The normalized spacial score (nSPS) is 13.0. The summed E-state index contributed by atoms with van der Waals surface area (Å²) in [6.07, 6.45) is 0. The molecule has 0 aliphatic rings. The molecule has 94 valence electrons. The lowest BCUT2D eigenvalue weighted by molar-refractivity contribution is -0.125. The summed E-state index contributed by atoms with van der Waals surface area (Å²) in [5, 5.41) is 2.87.